The molecule has 0 N–H and O–H groups in total. The van der Waals surface area contributed by atoms with Gasteiger partial charge in [-0.1, -0.05) is 6.92 Å². The van der Waals surface area contributed by atoms with Gasteiger partial charge in [0.1, 0.15) is 0 Å². The summed E-state index contributed by atoms with van der Waals surface area (Å²) in [6, 6.07) is 4.76. The first-order chi connectivity index (χ1) is 8.28. The fraction of sp³-hybridized carbons (Fsp3) is 0.462. The molecule has 0 atom stereocenters. The lowest BCUT2D eigenvalue weighted by molar-refractivity contribution is 0.659. The number of imidazole rings is 1. The average Bonchev–Trinajstić information content (AvgIpc) is 2.97. The summed E-state index contributed by atoms with van der Waals surface area (Å²) in [7, 11) is 0. The molecule has 90 valence electrons. The molecule has 1 aliphatic rings. The molecule has 0 aromatic carbocycles. The predicted octanol–water partition coefficient (Wildman–Crippen LogP) is 2.66. The van der Waals surface area contributed by atoms with Gasteiger partial charge in [0.2, 0.25) is 0 Å². The van der Waals surface area contributed by atoms with Crippen LogP contribution in [-0.4, -0.2) is 9.13 Å². The van der Waals surface area contributed by atoms with E-state index >= 15 is 0 Å². The first-order valence-corrected chi connectivity index (χ1v) is 6.94. The third kappa shape index (κ3) is 2.09. The molecule has 3 rings (SSSR count). The van der Waals surface area contributed by atoms with Gasteiger partial charge in [-0.25, -0.2) is 4.79 Å². The summed E-state index contributed by atoms with van der Waals surface area (Å²) in [5.74, 6) is 0. The van der Waals surface area contributed by atoms with Crippen LogP contribution < -0.4 is 5.69 Å². The van der Waals surface area contributed by atoms with Crippen molar-refractivity contribution in [3.8, 4) is 0 Å². The van der Waals surface area contributed by atoms with Crippen molar-refractivity contribution in [2.45, 2.75) is 38.8 Å². The number of nitrogens with zero attached hydrogens (tertiary/aromatic N) is 2. The zero-order chi connectivity index (χ0) is 11.8. The zero-order valence-corrected chi connectivity index (χ0v) is 10.7. The molecule has 0 bridgehead atoms. The van der Waals surface area contributed by atoms with E-state index in [4.69, 9.17) is 0 Å². The van der Waals surface area contributed by atoms with Gasteiger partial charge in [-0.2, -0.15) is 0 Å². The molecular formula is C13H16N2OS. The van der Waals surface area contributed by atoms with Crippen molar-refractivity contribution >= 4 is 11.3 Å². The van der Waals surface area contributed by atoms with E-state index in [1.807, 2.05) is 21.5 Å². The van der Waals surface area contributed by atoms with E-state index < -0.39 is 0 Å². The lowest BCUT2D eigenvalue weighted by Crippen LogP contribution is -2.23. The monoisotopic (exact) mass is 248 g/mol. The second kappa shape index (κ2) is 4.18. The summed E-state index contributed by atoms with van der Waals surface area (Å²) in [6.45, 7) is 2.87. The minimum atomic E-state index is 0.138. The van der Waals surface area contributed by atoms with Gasteiger partial charge in [0.25, 0.3) is 0 Å². The van der Waals surface area contributed by atoms with Crippen LogP contribution in [0.3, 0.4) is 0 Å². The highest BCUT2D eigenvalue weighted by atomic mass is 32.1. The number of thiophene rings is 1. The molecule has 2 aromatic heterocycles. The van der Waals surface area contributed by atoms with Crippen molar-refractivity contribution in [1.82, 2.24) is 9.13 Å². The number of rotatable bonds is 4. The van der Waals surface area contributed by atoms with Gasteiger partial charge in [0, 0.05) is 28.2 Å². The molecular weight excluding hydrogens is 232 g/mol. The van der Waals surface area contributed by atoms with E-state index in [9.17, 15) is 4.79 Å². The van der Waals surface area contributed by atoms with Crippen LogP contribution in [-0.2, 0) is 13.0 Å². The molecule has 2 aromatic rings. The maximum Gasteiger partial charge on any atom is 0.328 e. The SMILES string of the molecule is CCc1ccc(Cn2ccn(C3CC3)c2=O)s1. The van der Waals surface area contributed by atoms with Crippen LogP contribution in [0, 0.1) is 0 Å². The summed E-state index contributed by atoms with van der Waals surface area (Å²) in [5, 5.41) is 0. The Balaban J connectivity index is 1.82. The van der Waals surface area contributed by atoms with Gasteiger partial charge in [0.15, 0.2) is 0 Å². The summed E-state index contributed by atoms with van der Waals surface area (Å²) in [6.07, 6.45) is 7.22. The van der Waals surface area contributed by atoms with Crippen molar-refractivity contribution in [1.29, 1.82) is 0 Å². The molecule has 1 aliphatic carbocycles. The number of hydrogen-bond acceptors (Lipinski definition) is 2. The fourth-order valence-electron chi connectivity index (χ4n) is 2.04. The Kier molecular flexibility index (Phi) is 2.67. The second-order valence-electron chi connectivity index (χ2n) is 4.57. The van der Waals surface area contributed by atoms with Crippen LogP contribution in [0.2, 0.25) is 0 Å². The standard InChI is InChI=1S/C13H16N2OS/c1-2-11-5-6-12(17-11)9-14-7-8-15(13(14)16)10-3-4-10/h5-8,10H,2-4,9H2,1H3. The molecule has 0 amide bonds. The average molecular weight is 248 g/mol. The second-order valence-corrected chi connectivity index (χ2v) is 5.82. The van der Waals surface area contributed by atoms with E-state index in [-0.39, 0.29) is 5.69 Å². The Bertz CT molecular complexity index is 574. The quantitative estimate of drug-likeness (QED) is 0.817. The molecule has 4 heteroatoms. The van der Waals surface area contributed by atoms with Crippen molar-refractivity contribution in [2.75, 3.05) is 0 Å². The van der Waals surface area contributed by atoms with Crippen LogP contribution in [0.5, 0.6) is 0 Å². The Morgan fingerprint density at radius 2 is 2.06 bits per heavy atom. The lowest BCUT2D eigenvalue weighted by Gasteiger charge is -1.99. The molecule has 0 unspecified atom stereocenters. The molecule has 1 fully saturated rings. The third-order valence-corrected chi connectivity index (χ3v) is 4.42. The maximum absolute atomic E-state index is 12.1. The van der Waals surface area contributed by atoms with Gasteiger partial charge in [-0.15, -0.1) is 11.3 Å². The number of hydrogen-bond donors (Lipinski definition) is 0. The van der Waals surface area contributed by atoms with E-state index in [0.29, 0.717) is 12.6 Å². The number of aryl methyl sites for hydroxylation is 1. The Hall–Kier alpha value is -1.29. The molecule has 2 heterocycles. The minimum absolute atomic E-state index is 0.138. The summed E-state index contributed by atoms with van der Waals surface area (Å²) >= 11 is 1.80. The molecule has 0 radical (unpaired) electrons. The van der Waals surface area contributed by atoms with Gasteiger partial charge in [-0.05, 0) is 31.4 Å². The highest BCUT2D eigenvalue weighted by Crippen LogP contribution is 2.33. The van der Waals surface area contributed by atoms with Crippen LogP contribution in [0.1, 0.15) is 35.6 Å². The topological polar surface area (TPSA) is 26.9 Å². The van der Waals surface area contributed by atoms with Crippen molar-refractivity contribution in [3.63, 3.8) is 0 Å². The first kappa shape index (κ1) is 10.8. The molecule has 0 aliphatic heterocycles. The van der Waals surface area contributed by atoms with Gasteiger partial charge < -0.3 is 0 Å². The lowest BCUT2D eigenvalue weighted by atomic mass is 10.3. The normalized spacial score (nSPS) is 15.4. The minimum Gasteiger partial charge on any atom is -0.296 e. The van der Waals surface area contributed by atoms with Gasteiger partial charge >= 0.3 is 5.69 Å². The molecule has 0 saturated heterocycles. The summed E-state index contributed by atoms with van der Waals surface area (Å²) in [5.41, 5.74) is 0.138. The Morgan fingerprint density at radius 1 is 1.29 bits per heavy atom. The predicted molar refractivity (Wildman–Crippen MR) is 69.8 cm³/mol. The van der Waals surface area contributed by atoms with Crippen LogP contribution >= 0.6 is 11.3 Å². The largest absolute Gasteiger partial charge is 0.328 e. The Labute approximate surface area is 104 Å². The van der Waals surface area contributed by atoms with E-state index in [1.54, 1.807) is 11.3 Å². The van der Waals surface area contributed by atoms with Crippen LogP contribution in [0.15, 0.2) is 29.3 Å². The fourth-order valence-corrected chi connectivity index (χ4v) is 3.00. The molecule has 17 heavy (non-hydrogen) atoms. The smallest absolute Gasteiger partial charge is 0.296 e. The zero-order valence-electron chi connectivity index (χ0n) is 9.93. The van der Waals surface area contributed by atoms with Crippen molar-refractivity contribution in [2.24, 2.45) is 0 Å². The summed E-state index contributed by atoms with van der Waals surface area (Å²) < 4.78 is 3.68. The van der Waals surface area contributed by atoms with E-state index in [0.717, 1.165) is 19.3 Å². The molecule has 1 saturated carbocycles. The van der Waals surface area contributed by atoms with Crippen molar-refractivity contribution in [3.05, 3.63) is 44.8 Å². The highest BCUT2D eigenvalue weighted by molar-refractivity contribution is 7.11. The maximum atomic E-state index is 12.1. The van der Waals surface area contributed by atoms with E-state index in [1.165, 1.54) is 9.75 Å². The van der Waals surface area contributed by atoms with Gasteiger partial charge in [0.05, 0.1) is 6.54 Å². The highest BCUT2D eigenvalue weighted by Gasteiger charge is 2.25. The third-order valence-electron chi connectivity index (χ3n) is 3.21. The molecule has 3 nitrogen and oxygen atoms in total. The van der Waals surface area contributed by atoms with Gasteiger partial charge in [-0.3, -0.25) is 9.13 Å². The van der Waals surface area contributed by atoms with Crippen molar-refractivity contribution < 1.29 is 0 Å². The Morgan fingerprint density at radius 3 is 2.71 bits per heavy atom. The van der Waals surface area contributed by atoms with Crippen LogP contribution in [0.25, 0.3) is 0 Å². The molecule has 0 spiro atoms. The summed E-state index contributed by atoms with van der Waals surface area (Å²) in [4.78, 5) is 14.7. The first-order valence-electron chi connectivity index (χ1n) is 6.13. The number of aromatic nitrogens is 2. The van der Waals surface area contributed by atoms with E-state index in [2.05, 4.69) is 19.1 Å². The van der Waals surface area contributed by atoms with Crippen LogP contribution in [0.4, 0.5) is 0 Å².